The Bertz CT molecular complexity index is 460. The largest absolute Gasteiger partial charge is 0.324 e. The Balaban J connectivity index is 1.62. The van der Waals surface area contributed by atoms with Gasteiger partial charge in [-0.15, -0.1) is 0 Å². The summed E-state index contributed by atoms with van der Waals surface area (Å²) in [5.74, 6) is 1.32. The van der Waals surface area contributed by atoms with Gasteiger partial charge in [0.05, 0.1) is 0 Å². The standard InChI is InChI=1S/C15H21N3O/c1-11-3-2-4-14(7-11)17-15(19)18-9-12-5-6-16-8-13(12)10-18/h2-4,7,12-13,16H,5-6,8-10H2,1H3,(H,17,19). The van der Waals surface area contributed by atoms with Crippen LogP contribution in [0, 0.1) is 18.8 Å². The maximum absolute atomic E-state index is 12.3. The van der Waals surface area contributed by atoms with Crippen molar-refractivity contribution in [3.8, 4) is 0 Å². The van der Waals surface area contributed by atoms with E-state index in [1.54, 1.807) is 0 Å². The van der Waals surface area contributed by atoms with Gasteiger partial charge < -0.3 is 15.5 Å². The predicted octanol–water partition coefficient (Wildman–Crippen LogP) is 2.07. The number of carbonyl (C=O) groups excluding carboxylic acids is 1. The van der Waals surface area contributed by atoms with Gasteiger partial charge in [-0.1, -0.05) is 12.1 Å². The maximum Gasteiger partial charge on any atom is 0.321 e. The first-order chi connectivity index (χ1) is 9.22. The van der Waals surface area contributed by atoms with Gasteiger partial charge in [0, 0.05) is 18.8 Å². The number of piperidine rings is 1. The Morgan fingerprint density at radius 3 is 3.00 bits per heavy atom. The molecular formula is C15H21N3O. The molecule has 1 aromatic carbocycles. The van der Waals surface area contributed by atoms with E-state index in [2.05, 4.69) is 10.6 Å². The van der Waals surface area contributed by atoms with E-state index >= 15 is 0 Å². The van der Waals surface area contributed by atoms with Crippen LogP contribution in [0.3, 0.4) is 0 Å². The first-order valence-corrected chi connectivity index (χ1v) is 7.05. The molecule has 2 heterocycles. The van der Waals surface area contributed by atoms with Crippen molar-refractivity contribution in [3.63, 3.8) is 0 Å². The van der Waals surface area contributed by atoms with Crippen LogP contribution in [0.5, 0.6) is 0 Å². The van der Waals surface area contributed by atoms with Gasteiger partial charge in [0.1, 0.15) is 0 Å². The molecule has 0 saturated carbocycles. The minimum atomic E-state index is 0.0417. The van der Waals surface area contributed by atoms with Gasteiger partial charge in [-0.2, -0.15) is 0 Å². The lowest BCUT2D eigenvalue weighted by molar-refractivity contribution is 0.220. The molecule has 3 rings (SSSR count). The second kappa shape index (κ2) is 5.21. The number of aryl methyl sites for hydroxylation is 1. The SMILES string of the molecule is Cc1cccc(NC(=O)N2CC3CCNCC3C2)c1. The van der Waals surface area contributed by atoms with Crippen LogP contribution in [0.25, 0.3) is 0 Å². The maximum atomic E-state index is 12.3. The summed E-state index contributed by atoms with van der Waals surface area (Å²) < 4.78 is 0. The highest BCUT2D eigenvalue weighted by molar-refractivity contribution is 5.89. The van der Waals surface area contributed by atoms with Crippen LogP contribution in [-0.2, 0) is 0 Å². The first-order valence-electron chi connectivity index (χ1n) is 7.05. The van der Waals surface area contributed by atoms with E-state index in [1.165, 1.54) is 6.42 Å². The molecule has 2 amide bonds. The summed E-state index contributed by atoms with van der Waals surface area (Å²) in [5.41, 5.74) is 2.05. The first kappa shape index (κ1) is 12.5. The molecule has 4 heteroatoms. The molecule has 2 fully saturated rings. The topological polar surface area (TPSA) is 44.4 Å². The lowest BCUT2D eigenvalue weighted by Crippen LogP contribution is -2.35. The molecule has 19 heavy (non-hydrogen) atoms. The van der Waals surface area contributed by atoms with Crippen molar-refractivity contribution in [2.24, 2.45) is 11.8 Å². The molecule has 102 valence electrons. The summed E-state index contributed by atoms with van der Waals surface area (Å²) in [4.78, 5) is 14.2. The third-order valence-electron chi connectivity index (χ3n) is 4.23. The van der Waals surface area contributed by atoms with E-state index in [0.717, 1.165) is 37.4 Å². The second-order valence-electron chi connectivity index (χ2n) is 5.72. The molecule has 2 saturated heterocycles. The summed E-state index contributed by atoms with van der Waals surface area (Å²) in [6.45, 7) is 5.97. The van der Waals surface area contributed by atoms with Crippen LogP contribution in [0.1, 0.15) is 12.0 Å². The van der Waals surface area contributed by atoms with Crippen molar-refractivity contribution in [2.75, 3.05) is 31.5 Å². The van der Waals surface area contributed by atoms with Crippen molar-refractivity contribution in [3.05, 3.63) is 29.8 Å². The molecule has 0 radical (unpaired) electrons. The molecule has 0 spiro atoms. The van der Waals surface area contributed by atoms with Crippen LogP contribution in [-0.4, -0.2) is 37.1 Å². The molecule has 2 unspecified atom stereocenters. The fourth-order valence-corrected chi connectivity index (χ4v) is 3.16. The zero-order chi connectivity index (χ0) is 13.2. The zero-order valence-corrected chi connectivity index (χ0v) is 11.4. The van der Waals surface area contributed by atoms with Crippen molar-refractivity contribution >= 4 is 11.7 Å². The Hall–Kier alpha value is -1.55. The monoisotopic (exact) mass is 259 g/mol. The van der Waals surface area contributed by atoms with Crippen LogP contribution < -0.4 is 10.6 Å². The Morgan fingerprint density at radius 2 is 2.21 bits per heavy atom. The van der Waals surface area contributed by atoms with Gasteiger partial charge in [-0.25, -0.2) is 4.79 Å². The number of hydrogen-bond acceptors (Lipinski definition) is 2. The Morgan fingerprint density at radius 1 is 1.37 bits per heavy atom. The molecule has 2 aliphatic heterocycles. The van der Waals surface area contributed by atoms with Crippen molar-refractivity contribution in [1.29, 1.82) is 0 Å². The number of nitrogens with zero attached hydrogens (tertiary/aromatic N) is 1. The number of anilines is 1. The minimum absolute atomic E-state index is 0.0417. The number of hydrogen-bond donors (Lipinski definition) is 2. The average Bonchev–Trinajstić information content (AvgIpc) is 2.82. The number of likely N-dealkylation sites (tertiary alicyclic amines) is 1. The third kappa shape index (κ3) is 2.73. The van der Waals surface area contributed by atoms with Gasteiger partial charge in [-0.05, 0) is 56.0 Å². The summed E-state index contributed by atoms with van der Waals surface area (Å²) in [7, 11) is 0. The quantitative estimate of drug-likeness (QED) is 0.811. The summed E-state index contributed by atoms with van der Waals surface area (Å²) in [5, 5.41) is 6.42. The second-order valence-corrected chi connectivity index (χ2v) is 5.72. The number of benzene rings is 1. The number of fused-ring (bicyclic) bond motifs is 1. The third-order valence-corrected chi connectivity index (χ3v) is 4.23. The molecule has 0 aliphatic carbocycles. The van der Waals surface area contributed by atoms with Crippen LogP contribution in [0.2, 0.25) is 0 Å². The van der Waals surface area contributed by atoms with Crippen LogP contribution in [0.4, 0.5) is 10.5 Å². The fraction of sp³-hybridized carbons (Fsp3) is 0.533. The highest BCUT2D eigenvalue weighted by Crippen LogP contribution is 2.28. The van der Waals surface area contributed by atoms with Crippen LogP contribution >= 0.6 is 0 Å². The van der Waals surface area contributed by atoms with Gasteiger partial charge in [-0.3, -0.25) is 0 Å². The molecular weight excluding hydrogens is 238 g/mol. The highest BCUT2D eigenvalue weighted by Gasteiger charge is 2.36. The number of nitrogens with one attached hydrogen (secondary N) is 2. The van der Waals surface area contributed by atoms with Crippen molar-refractivity contribution < 1.29 is 4.79 Å². The van der Waals surface area contributed by atoms with E-state index in [4.69, 9.17) is 0 Å². The predicted molar refractivity (Wildman–Crippen MR) is 76.2 cm³/mol. The van der Waals surface area contributed by atoms with Gasteiger partial charge in [0.2, 0.25) is 0 Å². The Kier molecular flexibility index (Phi) is 3.42. The van der Waals surface area contributed by atoms with Gasteiger partial charge in [0.25, 0.3) is 0 Å². The lowest BCUT2D eigenvalue weighted by Gasteiger charge is -2.23. The molecule has 1 aromatic rings. The summed E-state index contributed by atoms with van der Waals surface area (Å²) in [6, 6.07) is 7.99. The Labute approximate surface area is 114 Å². The van der Waals surface area contributed by atoms with Crippen molar-refractivity contribution in [2.45, 2.75) is 13.3 Å². The van der Waals surface area contributed by atoms with E-state index in [9.17, 15) is 4.79 Å². The fourth-order valence-electron chi connectivity index (χ4n) is 3.16. The highest BCUT2D eigenvalue weighted by atomic mass is 16.2. The lowest BCUT2D eigenvalue weighted by atomic mass is 9.90. The van der Waals surface area contributed by atoms with Crippen LogP contribution in [0.15, 0.2) is 24.3 Å². The smallest absolute Gasteiger partial charge is 0.321 e. The average molecular weight is 259 g/mol. The zero-order valence-electron chi connectivity index (χ0n) is 11.4. The number of urea groups is 1. The number of rotatable bonds is 1. The van der Waals surface area contributed by atoms with E-state index < -0.39 is 0 Å². The summed E-state index contributed by atoms with van der Waals surface area (Å²) >= 11 is 0. The normalized spacial score (nSPS) is 26.1. The summed E-state index contributed by atoms with van der Waals surface area (Å²) in [6.07, 6.45) is 1.19. The molecule has 0 bridgehead atoms. The van der Waals surface area contributed by atoms with Gasteiger partial charge in [0.15, 0.2) is 0 Å². The molecule has 4 nitrogen and oxygen atoms in total. The number of amides is 2. The molecule has 2 N–H and O–H groups in total. The van der Waals surface area contributed by atoms with Crippen molar-refractivity contribution in [1.82, 2.24) is 10.2 Å². The van der Waals surface area contributed by atoms with Gasteiger partial charge >= 0.3 is 6.03 Å². The number of carbonyl (C=O) groups is 1. The van der Waals surface area contributed by atoms with E-state index in [-0.39, 0.29) is 6.03 Å². The minimum Gasteiger partial charge on any atom is -0.324 e. The molecule has 0 aromatic heterocycles. The van der Waals surface area contributed by atoms with E-state index in [1.807, 2.05) is 36.1 Å². The van der Waals surface area contributed by atoms with E-state index in [0.29, 0.717) is 11.8 Å². The molecule has 2 aliphatic rings. The molecule has 2 atom stereocenters.